The van der Waals surface area contributed by atoms with Gasteiger partial charge in [0.25, 0.3) is 0 Å². The minimum Gasteiger partial charge on any atom is -0.465 e. The molecule has 0 aromatic heterocycles. The molecule has 3 amide bonds. The maximum absolute atomic E-state index is 12.6. The molecule has 0 spiro atoms. The Morgan fingerprint density at radius 2 is 1.77 bits per heavy atom. The number of alkyl carbamates (subject to hydrolysis) is 1. The van der Waals surface area contributed by atoms with Crippen LogP contribution in [0.15, 0.2) is 24.3 Å². The molecule has 2 atom stereocenters. The molecule has 2 unspecified atom stereocenters. The molecule has 1 aliphatic heterocycles. The summed E-state index contributed by atoms with van der Waals surface area (Å²) in [5.41, 5.74) is -0.879. The van der Waals surface area contributed by atoms with Crippen molar-refractivity contribution in [2.45, 2.75) is 57.5 Å². The second kappa shape index (κ2) is 9.44. The van der Waals surface area contributed by atoms with Crippen molar-refractivity contribution in [3.05, 3.63) is 35.4 Å². The Kier molecular flexibility index (Phi) is 7.40. The van der Waals surface area contributed by atoms with Gasteiger partial charge in [0.15, 0.2) is 0 Å². The number of alkyl halides is 3. The third-order valence-corrected chi connectivity index (χ3v) is 4.56. The molecule has 0 saturated carbocycles. The van der Waals surface area contributed by atoms with Crippen LogP contribution in [-0.2, 0) is 22.1 Å². The summed E-state index contributed by atoms with van der Waals surface area (Å²) < 4.78 is 42.9. The number of nitrogens with one attached hydrogen (secondary N) is 2. The maximum Gasteiger partial charge on any atom is 0.416 e. The predicted octanol–water partition coefficient (Wildman–Crippen LogP) is 3.01. The Morgan fingerprint density at radius 1 is 1.16 bits per heavy atom. The first-order valence-corrected chi connectivity index (χ1v) is 9.69. The highest BCUT2D eigenvalue weighted by Crippen LogP contribution is 2.29. The lowest BCUT2D eigenvalue weighted by atomic mass is 10.1. The van der Waals surface area contributed by atoms with Crippen LogP contribution in [-0.4, -0.2) is 58.9 Å². The van der Waals surface area contributed by atoms with E-state index in [0.717, 1.165) is 17.0 Å². The van der Waals surface area contributed by atoms with Crippen molar-refractivity contribution in [3.63, 3.8) is 0 Å². The molecule has 1 heterocycles. The minimum absolute atomic E-state index is 0.0639. The number of benzene rings is 1. The van der Waals surface area contributed by atoms with E-state index in [1.807, 2.05) is 0 Å². The third-order valence-electron chi connectivity index (χ3n) is 4.56. The summed E-state index contributed by atoms with van der Waals surface area (Å²) in [5.74, 6) is -0.539. The normalized spacial score (nSPS) is 19.1. The van der Waals surface area contributed by atoms with E-state index in [-0.39, 0.29) is 25.9 Å². The van der Waals surface area contributed by atoms with Crippen LogP contribution in [0, 0.1) is 0 Å². The first kappa shape index (κ1) is 24.3. The molecular formula is C20H26F3N3O5. The van der Waals surface area contributed by atoms with Crippen molar-refractivity contribution in [2.24, 2.45) is 0 Å². The van der Waals surface area contributed by atoms with Gasteiger partial charge in [0.1, 0.15) is 11.6 Å². The second-order valence-corrected chi connectivity index (χ2v) is 8.27. The number of amides is 3. The summed E-state index contributed by atoms with van der Waals surface area (Å²) in [5, 5.41) is 14.5. The largest absolute Gasteiger partial charge is 0.465 e. The standard InChI is InChI=1S/C20H26F3N3O5/c1-19(2,3)31-17(28)25-14-10-15(26(11-14)18(29)30)16(27)24-9-8-12-4-6-13(7-5-12)20(21,22)23/h4-7,14-15H,8-11H2,1-3H3,(H,24,27)(H,25,28)(H,29,30). The fourth-order valence-electron chi connectivity index (χ4n) is 3.18. The Balaban J connectivity index is 1.89. The van der Waals surface area contributed by atoms with E-state index in [0.29, 0.717) is 5.56 Å². The van der Waals surface area contributed by atoms with Crippen LogP contribution in [0.5, 0.6) is 0 Å². The number of likely N-dealkylation sites (tertiary alicyclic amines) is 1. The van der Waals surface area contributed by atoms with Gasteiger partial charge in [0.2, 0.25) is 5.91 Å². The highest BCUT2D eigenvalue weighted by Gasteiger charge is 2.40. The van der Waals surface area contributed by atoms with E-state index in [9.17, 15) is 32.7 Å². The number of halogens is 3. The lowest BCUT2D eigenvalue weighted by Gasteiger charge is -2.21. The van der Waals surface area contributed by atoms with Crippen LogP contribution in [0.2, 0.25) is 0 Å². The van der Waals surface area contributed by atoms with E-state index in [1.54, 1.807) is 20.8 Å². The van der Waals surface area contributed by atoms with E-state index < -0.39 is 47.5 Å². The number of carbonyl (C=O) groups excluding carboxylic acids is 2. The Hall–Kier alpha value is -2.98. The van der Waals surface area contributed by atoms with E-state index in [1.165, 1.54) is 12.1 Å². The summed E-state index contributed by atoms with van der Waals surface area (Å²) in [7, 11) is 0. The van der Waals surface area contributed by atoms with E-state index in [2.05, 4.69) is 10.6 Å². The number of carboxylic acid groups (broad SMARTS) is 1. The van der Waals surface area contributed by atoms with Gasteiger partial charge in [0.05, 0.1) is 11.6 Å². The Labute approximate surface area is 177 Å². The molecular weight excluding hydrogens is 419 g/mol. The summed E-state index contributed by atoms with van der Waals surface area (Å²) in [6, 6.07) is 3.01. The molecule has 2 rings (SSSR count). The quantitative estimate of drug-likeness (QED) is 0.646. The zero-order valence-electron chi connectivity index (χ0n) is 17.5. The minimum atomic E-state index is -4.42. The predicted molar refractivity (Wildman–Crippen MR) is 104 cm³/mol. The first-order chi connectivity index (χ1) is 14.3. The Morgan fingerprint density at radius 3 is 2.29 bits per heavy atom. The molecule has 172 valence electrons. The molecule has 8 nitrogen and oxygen atoms in total. The van der Waals surface area contributed by atoms with Gasteiger partial charge in [-0.3, -0.25) is 9.69 Å². The number of ether oxygens (including phenoxy) is 1. The number of rotatable bonds is 5. The average molecular weight is 445 g/mol. The number of carbonyl (C=O) groups is 3. The van der Waals surface area contributed by atoms with Crippen LogP contribution in [0.1, 0.15) is 38.3 Å². The van der Waals surface area contributed by atoms with Crippen molar-refractivity contribution in [2.75, 3.05) is 13.1 Å². The molecule has 1 aliphatic rings. The summed E-state index contributed by atoms with van der Waals surface area (Å²) in [6.45, 7) is 5.14. The second-order valence-electron chi connectivity index (χ2n) is 8.27. The van der Waals surface area contributed by atoms with Gasteiger partial charge in [-0.05, 0) is 51.3 Å². The zero-order chi connectivity index (χ0) is 23.4. The van der Waals surface area contributed by atoms with Crippen LogP contribution in [0.25, 0.3) is 0 Å². The van der Waals surface area contributed by atoms with Crippen molar-refractivity contribution in [1.82, 2.24) is 15.5 Å². The van der Waals surface area contributed by atoms with Crippen LogP contribution in [0.3, 0.4) is 0 Å². The molecule has 11 heteroatoms. The van der Waals surface area contributed by atoms with Crippen LogP contribution in [0.4, 0.5) is 22.8 Å². The lowest BCUT2D eigenvalue weighted by Crippen LogP contribution is -2.46. The lowest BCUT2D eigenvalue weighted by molar-refractivity contribution is -0.137. The fourth-order valence-corrected chi connectivity index (χ4v) is 3.18. The molecule has 1 saturated heterocycles. The molecule has 1 fully saturated rings. The molecule has 0 bridgehead atoms. The van der Waals surface area contributed by atoms with Crippen LogP contribution >= 0.6 is 0 Å². The summed E-state index contributed by atoms with van der Waals surface area (Å²) >= 11 is 0. The summed E-state index contributed by atoms with van der Waals surface area (Å²) in [4.78, 5) is 36.8. The molecule has 0 radical (unpaired) electrons. The zero-order valence-corrected chi connectivity index (χ0v) is 17.5. The van der Waals surface area contributed by atoms with Gasteiger partial charge >= 0.3 is 18.4 Å². The molecule has 0 aliphatic carbocycles. The highest BCUT2D eigenvalue weighted by molar-refractivity contribution is 5.86. The monoisotopic (exact) mass is 445 g/mol. The van der Waals surface area contributed by atoms with Crippen molar-refractivity contribution in [1.29, 1.82) is 0 Å². The summed E-state index contributed by atoms with van der Waals surface area (Å²) in [6.07, 6.45) is -6.05. The fraction of sp³-hybridized carbons (Fsp3) is 0.550. The number of hydrogen-bond donors (Lipinski definition) is 3. The van der Waals surface area contributed by atoms with Gasteiger partial charge in [-0.1, -0.05) is 12.1 Å². The van der Waals surface area contributed by atoms with Gasteiger partial charge in [0, 0.05) is 13.1 Å². The smallest absolute Gasteiger partial charge is 0.416 e. The van der Waals surface area contributed by atoms with Gasteiger partial charge in [-0.2, -0.15) is 13.2 Å². The van der Waals surface area contributed by atoms with Crippen molar-refractivity contribution >= 4 is 18.1 Å². The first-order valence-electron chi connectivity index (χ1n) is 9.69. The topological polar surface area (TPSA) is 108 Å². The SMILES string of the molecule is CC(C)(C)OC(=O)NC1CC(C(=O)NCCc2ccc(C(F)(F)F)cc2)N(C(=O)O)C1. The van der Waals surface area contributed by atoms with Gasteiger partial charge in [-0.15, -0.1) is 0 Å². The van der Waals surface area contributed by atoms with Crippen molar-refractivity contribution < 1.29 is 37.4 Å². The van der Waals surface area contributed by atoms with Gasteiger partial charge in [-0.25, -0.2) is 9.59 Å². The molecule has 3 N–H and O–H groups in total. The van der Waals surface area contributed by atoms with E-state index >= 15 is 0 Å². The average Bonchev–Trinajstić information content (AvgIpc) is 3.03. The van der Waals surface area contributed by atoms with E-state index in [4.69, 9.17) is 4.74 Å². The van der Waals surface area contributed by atoms with Crippen LogP contribution < -0.4 is 10.6 Å². The Bertz CT molecular complexity index is 806. The number of nitrogens with zero attached hydrogens (tertiary/aromatic N) is 1. The molecule has 1 aromatic carbocycles. The molecule has 31 heavy (non-hydrogen) atoms. The van der Waals surface area contributed by atoms with Gasteiger partial charge < -0.3 is 20.5 Å². The number of hydrogen-bond acceptors (Lipinski definition) is 4. The third kappa shape index (κ3) is 7.34. The maximum atomic E-state index is 12.6. The highest BCUT2D eigenvalue weighted by atomic mass is 19.4. The molecule has 1 aromatic rings. The van der Waals surface area contributed by atoms with Crippen molar-refractivity contribution in [3.8, 4) is 0 Å².